The summed E-state index contributed by atoms with van der Waals surface area (Å²) in [6.45, 7) is 1.74. The summed E-state index contributed by atoms with van der Waals surface area (Å²) in [5.41, 5.74) is 0.827. The van der Waals surface area contributed by atoms with Crippen LogP contribution >= 0.6 is 34.5 Å². The second-order valence-corrected chi connectivity index (χ2v) is 6.41. The molecule has 1 heterocycles. The Hall–Kier alpha value is -1.69. The fourth-order valence-corrected chi connectivity index (χ4v) is 3.17. The number of carbonyl (C=O) groups excluding carboxylic acids is 2. The number of anilines is 1. The van der Waals surface area contributed by atoms with Gasteiger partial charge in [0, 0.05) is 10.7 Å². The summed E-state index contributed by atoms with van der Waals surface area (Å²) in [5, 5.41) is 3.97. The predicted molar refractivity (Wildman–Crippen MR) is 83.5 cm³/mol. The summed E-state index contributed by atoms with van der Waals surface area (Å²) < 4.78 is 0. The smallest absolute Gasteiger partial charge is 0.226 e. The quantitative estimate of drug-likeness (QED) is 0.897. The van der Waals surface area contributed by atoms with Gasteiger partial charge in [-0.1, -0.05) is 23.2 Å². The molecular weight excluding hydrogens is 331 g/mol. The molecule has 1 N–H and O–H groups in total. The van der Waals surface area contributed by atoms with E-state index in [9.17, 15) is 9.59 Å². The number of thiazole rings is 1. The fourth-order valence-electron chi connectivity index (χ4n) is 1.95. The van der Waals surface area contributed by atoms with Gasteiger partial charge < -0.3 is 5.32 Å². The zero-order valence-electron chi connectivity index (χ0n) is 10.7. The van der Waals surface area contributed by atoms with Crippen molar-refractivity contribution >= 4 is 51.8 Å². The number of nitrogens with zero attached hydrogens (tertiary/aromatic N) is 1. The van der Waals surface area contributed by atoms with Gasteiger partial charge in [0.1, 0.15) is 21.3 Å². The maximum absolute atomic E-state index is 12.4. The van der Waals surface area contributed by atoms with Crippen molar-refractivity contribution < 1.29 is 9.59 Å². The molecule has 1 aliphatic carbocycles. The lowest BCUT2D eigenvalue weighted by Crippen LogP contribution is -2.23. The number of aryl methyl sites for hydroxylation is 1. The van der Waals surface area contributed by atoms with Crippen LogP contribution in [0.15, 0.2) is 35.0 Å². The van der Waals surface area contributed by atoms with Crippen LogP contribution < -0.4 is 5.32 Å². The summed E-state index contributed by atoms with van der Waals surface area (Å²) in [5.74, 6) is -0.762. The number of allylic oxidation sites excluding steroid dienone is 2. The van der Waals surface area contributed by atoms with Crippen molar-refractivity contribution in [2.75, 3.05) is 5.32 Å². The molecule has 0 aliphatic heterocycles. The average Bonchev–Trinajstić information content (AvgIpc) is 2.85. The first kappa shape index (κ1) is 14.3. The number of aromatic nitrogens is 1. The van der Waals surface area contributed by atoms with Crippen molar-refractivity contribution in [3.63, 3.8) is 0 Å². The van der Waals surface area contributed by atoms with Gasteiger partial charge in [-0.25, -0.2) is 4.98 Å². The summed E-state index contributed by atoms with van der Waals surface area (Å²) >= 11 is 13.0. The molecule has 0 fully saturated rings. The number of carbonyl (C=O) groups is 2. The number of nitrogens with one attached hydrogen (secondary N) is 1. The van der Waals surface area contributed by atoms with Gasteiger partial charge in [-0.2, -0.15) is 0 Å². The molecule has 2 aromatic rings. The van der Waals surface area contributed by atoms with Gasteiger partial charge in [-0.15, -0.1) is 11.3 Å². The minimum Gasteiger partial charge on any atom is -0.351 e. The Labute approximate surface area is 134 Å². The highest BCUT2D eigenvalue weighted by atomic mass is 35.5. The number of hydrogen-bond donors (Lipinski definition) is 1. The van der Waals surface area contributed by atoms with E-state index in [0.717, 1.165) is 0 Å². The molecule has 0 unspecified atom stereocenters. The second-order valence-electron chi connectivity index (χ2n) is 4.39. The normalized spacial score (nSPS) is 14.4. The molecule has 0 atom stereocenters. The Morgan fingerprint density at radius 1 is 1.10 bits per heavy atom. The number of rotatable bonds is 2. The zero-order valence-corrected chi connectivity index (χ0v) is 13.1. The van der Waals surface area contributed by atoms with Gasteiger partial charge in [-0.05, 0) is 31.2 Å². The van der Waals surface area contributed by atoms with E-state index in [-0.39, 0.29) is 22.2 Å². The molecule has 0 radical (unpaired) electrons. The molecule has 1 aromatic heterocycles. The van der Waals surface area contributed by atoms with Gasteiger partial charge in [0.2, 0.25) is 11.6 Å². The minimum atomic E-state index is -0.438. The molecule has 0 spiro atoms. The SMILES string of the molecule is Cc1nc2c(s1)C(=O)C(Nc1ccc(Cl)cc1)=C(Cl)C2=O. The Bertz CT molecular complexity index is 794. The maximum Gasteiger partial charge on any atom is 0.226 e. The summed E-state index contributed by atoms with van der Waals surface area (Å²) in [7, 11) is 0. The molecule has 0 saturated heterocycles. The monoisotopic (exact) mass is 338 g/mol. The molecule has 3 rings (SSSR count). The van der Waals surface area contributed by atoms with E-state index in [1.807, 2.05) is 0 Å². The number of fused-ring (bicyclic) bond motifs is 1. The summed E-state index contributed by atoms with van der Waals surface area (Å²) in [6.07, 6.45) is 0. The molecule has 1 aliphatic rings. The molecular formula is C14H8Cl2N2O2S. The van der Waals surface area contributed by atoms with Gasteiger partial charge in [0.25, 0.3) is 0 Å². The van der Waals surface area contributed by atoms with Gasteiger partial charge in [-0.3, -0.25) is 9.59 Å². The lowest BCUT2D eigenvalue weighted by Gasteiger charge is -2.15. The topological polar surface area (TPSA) is 59.1 Å². The number of halogens is 2. The maximum atomic E-state index is 12.4. The highest BCUT2D eigenvalue weighted by Crippen LogP contribution is 2.32. The Morgan fingerprint density at radius 2 is 1.76 bits per heavy atom. The fraction of sp³-hybridized carbons (Fsp3) is 0.0714. The molecule has 0 bridgehead atoms. The van der Waals surface area contributed by atoms with Crippen LogP contribution in [0.3, 0.4) is 0 Å². The van der Waals surface area contributed by atoms with E-state index in [2.05, 4.69) is 10.3 Å². The Balaban J connectivity index is 2.01. The lowest BCUT2D eigenvalue weighted by molar-refractivity contribution is 0.0982. The third kappa shape index (κ3) is 2.48. The van der Waals surface area contributed by atoms with Crippen LogP contribution in [0.4, 0.5) is 5.69 Å². The first-order chi connectivity index (χ1) is 9.97. The van der Waals surface area contributed by atoms with Crippen LogP contribution in [0.5, 0.6) is 0 Å². The van der Waals surface area contributed by atoms with Gasteiger partial charge in [0.05, 0.1) is 5.01 Å². The van der Waals surface area contributed by atoms with E-state index < -0.39 is 5.78 Å². The van der Waals surface area contributed by atoms with Crippen LogP contribution in [0.2, 0.25) is 5.02 Å². The van der Waals surface area contributed by atoms with Crippen molar-refractivity contribution in [1.29, 1.82) is 0 Å². The molecule has 0 amide bonds. The van der Waals surface area contributed by atoms with Crippen molar-refractivity contribution in [2.45, 2.75) is 6.92 Å². The zero-order chi connectivity index (χ0) is 15.1. The number of ketones is 2. The van der Waals surface area contributed by atoms with E-state index in [1.165, 1.54) is 11.3 Å². The van der Waals surface area contributed by atoms with E-state index in [4.69, 9.17) is 23.2 Å². The van der Waals surface area contributed by atoms with Crippen LogP contribution in [0.1, 0.15) is 25.2 Å². The molecule has 4 nitrogen and oxygen atoms in total. The summed E-state index contributed by atoms with van der Waals surface area (Å²) in [6, 6.07) is 6.75. The van der Waals surface area contributed by atoms with Crippen molar-refractivity contribution in [3.05, 3.63) is 55.6 Å². The molecule has 1 aromatic carbocycles. The van der Waals surface area contributed by atoms with Crippen molar-refractivity contribution in [2.24, 2.45) is 0 Å². The minimum absolute atomic E-state index is 0.0696. The average molecular weight is 339 g/mol. The standard InChI is InChI=1S/C14H8Cl2N2O2S/c1-6-17-11-12(19)9(16)10(13(20)14(11)21-6)18-8-4-2-7(15)3-5-8/h2-5,18H,1H3. The van der Waals surface area contributed by atoms with Gasteiger partial charge >= 0.3 is 0 Å². The lowest BCUT2D eigenvalue weighted by atomic mass is 10.0. The van der Waals surface area contributed by atoms with Crippen molar-refractivity contribution in [1.82, 2.24) is 4.98 Å². The van der Waals surface area contributed by atoms with E-state index in [0.29, 0.717) is 20.6 Å². The van der Waals surface area contributed by atoms with Crippen LogP contribution in [-0.4, -0.2) is 16.6 Å². The van der Waals surface area contributed by atoms with E-state index >= 15 is 0 Å². The third-order valence-corrected chi connectivity index (χ3v) is 4.50. The first-order valence-corrected chi connectivity index (χ1v) is 7.54. The molecule has 21 heavy (non-hydrogen) atoms. The number of Topliss-reactive ketones (excluding diaryl/α,β-unsaturated/α-hetero) is 2. The molecule has 7 heteroatoms. The van der Waals surface area contributed by atoms with Crippen LogP contribution in [-0.2, 0) is 0 Å². The van der Waals surface area contributed by atoms with Gasteiger partial charge in [0.15, 0.2) is 0 Å². The molecule has 106 valence electrons. The Morgan fingerprint density at radius 3 is 2.43 bits per heavy atom. The van der Waals surface area contributed by atoms with E-state index in [1.54, 1.807) is 31.2 Å². The molecule has 0 saturated carbocycles. The first-order valence-electron chi connectivity index (χ1n) is 5.96. The van der Waals surface area contributed by atoms with Crippen molar-refractivity contribution in [3.8, 4) is 0 Å². The highest BCUT2D eigenvalue weighted by Gasteiger charge is 2.34. The highest BCUT2D eigenvalue weighted by molar-refractivity contribution is 7.14. The van der Waals surface area contributed by atoms with Crippen LogP contribution in [0, 0.1) is 6.92 Å². The summed E-state index contributed by atoms with van der Waals surface area (Å²) in [4.78, 5) is 29.0. The largest absolute Gasteiger partial charge is 0.351 e. The van der Waals surface area contributed by atoms with Crippen LogP contribution in [0.25, 0.3) is 0 Å². The number of benzene rings is 1. The Kier molecular flexibility index (Phi) is 3.57. The third-order valence-electron chi connectivity index (χ3n) is 2.91. The second kappa shape index (κ2) is 5.26. The predicted octanol–water partition coefficient (Wildman–Crippen LogP) is 4.05. The number of hydrogen-bond acceptors (Lipinski definition) is 5.